The predicted molar refractivity (Wildman–Crippen MR) is 45.0 cm³/mol. The fourth-order valence-electron chi connectivity index (χ4n) is 1.78. The van der Waals surface area contributed by atoms with Crippen LogP contribution in [-0.2, 0) is 4.84 Å². The number of hydrogen-bond acceptors (Lipinski definition) is 3. The highest BCUT2D eigenvalue weighted by atomic mass is 16.6. The Morgan fingerprint density at radius 3 is 3.00 bits per heavy atom. The molecular weight excluding hydrogens is 140 g/mol. The van der Waals surface area contributed by atoms with Gasteiger partial charge in [-0.05, 0) is 25.9 Å². The molecule has 0 bridgehead atoms. The molecule has 0 aromatic rings. The fourth-order valence-corrected chi connectivity index (χ4v) is 1.78. The van der Waals surface area contributed by atoms with E-state index in [2.05, 4.69) is 16.7 Å². The highest BCUT2D eigenvalue weighted by Crippen LogP contribution is 2.15. The third-order valence-corrected chi connectivity index (χ3v) is 2.44. The smallest absolute Gasteiger partial charge is 0.0834 e. The first kappa shape index (κ1) is 8.97. The van der Waals surface area contributed by atoms with E-state index in [1.807, 2.05) is 0 Å². The maximum Gasteiger partial charge on any atom is 0.0834 e. The van der Waals surface area contributed by atoms with Crippen molar-refractivity contribution < 1.29 is 4.84 Å². The molecule has 1 unspecified atom stereocenters. The van der Waals surface area contributed by atoms with E-state index in [9.17, 15) is 0 Å². The van der Waals surface area contributed by atoms with Crippen LogP contribution in [0.4, 0.5) is 0 Å². The zero-order chi connectivity index (χ0) is 8.10. The Bertz CT molecular complexity index is 106. The van der Waals surface area contributed by atoms with E-state index in [-0.39, 0.29) is 0 Å². The van der Waals surface area contributed by atoms with Crippen molar-refractivity contribution in [2.24, 2.45) is 5.90 Å². The van der Waals surface area contributed by atoms with Crippen LogP contribution in [0.5, 0.6) is 0 Å². The summed E-state index contributed by atoms with van der Waals surface area (Å²) in [5, 5.41) is 0. The third kappa shape index (κ3) is 2.43. The van der Waals surface area contributed by atoms with Gasteiger partial charge < -0.3 is 4.84 Å². The zero-order valence-electron chi connectivity index (χ0n) is 7.25. The molecule has 1 aliphatic rings. The van der Waals surface area contributed by atoms with Gasteiger partial charge in [0, 0.05) is 6.04 Å². The summed E-state index contributed by atoms with van der Waals surface area (Å²) in [4.78, 5) is 7.11. The van der Waals surface area contributed by atoms with Crippen LogP contribution < -0.4 is 5.90 Å². The molecule has 1 atom stereocenters. The van der Waals surface area contributed by atoms with Gasteiger partial charge in [0.15, 0.2) is 0 Å². The van der Waals surface area contributed by atoms with Crippen molar-refractivity contribution in [3.63, 3.8) is 0 Å². The largest absolute Gasteiger partial charge is 0.303 e. The van der Waals surface area contributed by atoms with Gasteiger partial charge in [-0.2, -0.15) is 0 Å². The lowest BCUT2D eigenvalue weighted by atomic mass is 10.0. The van der Waals surface area contributed by atoms with Gasteiger partial charge >= 0.3 is 0 Å². The Morgan fingerprint density at radius 2 is 2.36 bits per heavy atom. The number of hydrogen-bond donors (Lipinski definition) is 1. The Morgan fingerprint density at radius 1 is 1.55 bits per heavy atom. The highest BCUT2D eigenvalue weighted by Gasteiger charge is 2.20. The van der Waals surface area contributed by atoms with Crippen molar-refractivity contribution >= 4 is 0 Å². The molecular formula is C8H18N2O. The van der Waals surface area contributed by atoms with E-state index in [0.29, 0.717) is 12.6 Å². The minimum atomic E-state index is 0.568. The van der Waals surface area contributed by atoms with Crippen molar-refractivity contribution in [3.8, 4) is 0 Å². The first-order chi connectivity index (χ1) is 5.38. The predicted octanol–water partition coefficient (Wildman–Crippen LogP) is 0.751. The van der Waals surface area contributed by atoms with Crippen LogP contribution >= 0.6 is 0 Å². The van der Waals surface area contributed by atoms with E-state index in [1.54, 1.807) is 0 Å². The van der Waals surface area contributed by atoms with Crippen LogP contribution in [0.15, 0.2) is 0 Å². The molecule has 1 fully saturated rings. The molecule has 0 radical (unpaired) electrons. The zero-order valence-corrected chi connectivity index (χ0v) is 7.25. The molecule has 1 heterocycles. The summed E-state index contributed by atoms with van der Waals surface area (Å²) in [5.41, 5.74) is 0. The highest BCUT2D eigenvalue weighted by molar-refractivity contribution is 4.74. The Hall–Kier alpha value is -0.120. The maximum absolute atomic E-state index is 5.05. The SMILES string of the molecule is CCN1CCCCC1CON. The van der Waals surface area contributed by atoms with Gasteiger partial charge in [-0.3, -0.25) is 4.90 Å². The number of nitrogens with two attached hydrogens (primary N) is 1. The van der Waals surface area contributed by atoms with E-state index >= 15 is 0 Å². The van der Waals surface area contributed by atoms with Crippen molar-refractivity contribution in [1.29, 1.82) is 0 Å². The summed E-state index contributed by atoms with van der Waals surface area (Å²) in [6.07, 6.45) is 3.89. The molecule has 66 valence electrons. The Balaban J connectivity index is 2.31. The van der Waals surface area contributed by atoms with Gasteiger partial charge in [-0.1, -0.05) is 13.3 Å². The molecule has 0 saturated carbocycles. The number of likely N-dealkylation sites (tertiary alicyclic amines) is 1. The molecule has 1 saturated heterocycles. The molecule has 3 heteroatoms. The summed E-state index contributed by atoms with van der Waals surface area (Å²) in [6.45, 7) is 5.21. The lowest BCUT2D eigenvalue weighted by molar-refractivity contribution is 0.0428. The van der Waals surface area contributed by atoms with Crippen LogP contribution in [0.3, 0.4) is 0 Å². The molecule has 0 aliphatic carbocycles. The van der Waals surface area contributed by atoms with Crippen molar-refractivity contribution in [2.45, 2.75) is 32.2 Å². The lowest BCUT2D eigenvalue weighted by Crippen LogP contribution is -2.42. The van der Waals surface area contributed by atoms with Crippen LogP contribution in [0.25, 0.3) is 0 Å². The number of nitrogens with zero attached hydrogens (tertiary/aromatic N) is 1. The first-order valence-corrected chi connectivity index (χ1v) is 4.44. The summed E-state index contributed by atoms with van der Waals surface area (Å²) in [5.74, 6) is 5.05. The van der Waals surface area contributed by atoms with Crippen molar-refractivity contribution in [1.82, 2.24) is 4.90 Å². The maximum atomic E-state index is 5.05. The van der Waals surface area contributed by atoms with Gasteiger partial charge in [0.05, 0.1) is 6.61 Å². The summed E-state index contributed by atoms with van der Waals surface area (Å²) in [7, 11) is 0. The topological polar surface area (TPSA) is 38.5 Å². The summed E-state index contributed by atoms with van der Waals surface area (Å²) < 4.78 is 0. The molecule has 0 aromatic heterocycles. The molecule has 0 aromatic carbocycles. The second-order valence-corrected chi connectivity index (χ2v) is 3.11. The van der Waals surface area contributed by atoms with E-state index in [0.717, 1.165) is 6.54 Å². The van der Waals surface area contributed by atoms with Gasteiger partial charge in [-0.15, -0.1) is 0 Å². The quantitative estimate of drug-likeness (QED) is 0.616. The molecule has 0 spiro atoms. The molecule has 11 heavy (non-hydrogen) atoms. The van der Waals surface area contributed by atoms with Crippen molar-refractivity contribution in [2.75, 3.05) is 19.7 Å². The van der Waals surface area contributed by atoms with E-state index in [1.165, 1.54) is 25.8 Å². The molecule has 2 N–H and O–H groups in total. The average molecular weight is 158 g/mol. The van der Waals surface area contributed by atoms with Crippen LogP contribution in [0, 0.1) is 0 Å². The first-order valence-electron chi connectivity index (χ1n) is 4.44. The monoisotopic (exact) mass is 158 g/mol. The minimum Gasteiger partial charge on any atom is -0.303 e. The van der Waals surface area contributed by atoms with Crippen LogP contribution in [0.2, 0.25) is 0 Å². The fraction of sp³-hybridized carbons (Fsp3) is 1.00. The van der Waals surface area contributed by atoms with Gasteiger partial charge in [-0.25, -0.2) is 5.90 Å². The molecule has 1 rings (SSSR count). The minimum absolute atomic E-state index is 0.568. The normalized spacial score (nSPS) is 27.3. The number of rotatable bonds is 3. The second-order valence-electron chi connectivity index (χ2n) is 3.11. The van der Waals surface area contributed by atoms with Gasteiger partial charge in [0.25, 0.3) is 0 Å². The second kappa shape index (κ2) is 4.70. The average Bonchev–Trinajstić information content (AvgIpc) is 2.06. The van der Waals surface area contributed by atoms with E-state index < -0.39 is 0 Å². The molecule has 0 amide bonds. The van der Waals surface area contributed by atoms with Crippen molar-refractivity contribution in [3.05, 3.63) is 0 Å². The Kier molecular flexibility index (Phi) is 3.83. The number of likely N-dealkylation sites (N-methyl/N-ethyl adjacent to an activating group) is 1. The lowest BCUT2D eigenvalue weighted by Gasteiger charge is -2.33. The van der Waals surface area contributed by atoms with Crippen LogP contribution in [-0.4, -0.2) is 30.6 Å². The number of piperidine rings is 1. The molecule has 3 nitrogen and oxygen atoms in total. The Labute approximate surface area is 68.5 Å². The van der Waals surface area contributed by atoms with E-state index in [4.69, 9.17) is 5.90 Å². The summed E-state index contributed by atoms with van der Waals surface area (Å²) in [6, 6.07) is 0.568. The van der Waals surface area contributed by atoms with Crippen LogP contribution in [0.1, 0.15) is 26.2 Å². The summed E-state index contributed by atoms with van der Waals surface area (Å²) >= 11 is 0. The van der Waals surface area contributed by atoms with Gasteiger partial charge in [0.1, 0.15) is 0 Å². The third-order valence-electron chi connectivity index (χ3n) is 2.44. The standard InChI is InChI=1S/C8H18N2O/c1-2-10-6-4-3-5-8(10)7-11-9/h8H,2-7,9H2,1H3. The van der Waals surface area contributed by atoms with Gasteiger partial charge in [0.2, 0.25) is 0 Å². The molecule has 1 aliphatic heterocycles.